The summed E-state index contributed by atoms with van der Waals surface area (Å²) in [6, 6.07) is 11.0. The van der Waals surface area contributed by atoms with Crippen LogP contribution in [0, 0.1) is 26.1 Å². The van der Waals surface area contributed by atoms with Crippen LogP contribution in [0.15, 0.2) is 48.5 Å². The van der Waals surface area contributed by atoms with Crippen LogP contribution in [-0.4, -0.2) is 88.5 Å². The summed E-state index contributed by atoms with van der Waals surface area (Å²) >= 11 is 6.02. The summed E-state index contributed by atoms with van der Waals surface area (Å²) in [5, 5.41) is 24.7. The van der Waals surface area contributed by atoms with Crippen molar-refractivity contribution in [3.63, 3.8) is 0 Å². The lowest BCUT2D eigenvalue weighted by atomic mass is 10.0. The number of ether oxygens (including phenoxy) is 4. The van der Waals surface area contributed by atoms with E-state index < -0.39 is 39.1 Å². The van der Waals surface area contributed by atoms with Gasteiger partial charge in [0.15, 0.2) is 34.6 Å². The molecule has 2 amide bonds. The van der Waals surface area contributed by atoms with Gasteiger partial charge in [-0.2, -0.15) is 0 Å². The molecule has 2 heterocycles. The van der Waals surface area contributed by atoms with Crippen LogP contribution in [0.4, 0.5) is 11.4 Å². The third-order valence-electron chi connectivity index (χ3n) is 9.80. The Morgan fingerprint density at radius 3 is 1.73 bits per heavy atom. The van der Waals surface area contributed by atoms with E-state index in [4.69, 9.17) is 30.5 Å². The van der Waals surface area contributed by atoms with Crippen LogP contribution in [0.3, 0.4) is 0 Å². The first-order chi connectivity index (χ1) is 26.7. The fourth-order valence-corrected chi connectivity index (χ4v) is 6.79. The maximum absolute atomic E-state index is 13.5. The standard InChI is InChI=1S/C39H43ClN4O12/c1-23(6-5-12-54-36-18-32(43(49)50)30(16-34(36)53-4)38(47)41-20-28(45)14-24(41)2)11-13-55-37-19-33(44(51)52)31(39(48)42-21-29(46)15-25(42)3)17-35(37)56-22-26-7-9-27(40)10-8-26/h7-10,16-19,23-25H,5-6,11-15,20-22H2,1-4H3/t23?,24-,25-/m1/s1. The molecule has 2 aliphatic rings. The third kappa shape index (κ3) is 9.90. The van der Waals surface area contributed by atoms with Crippen molar-refractivity contribution in [3.8, 4) is 23.0 Å². The normalized spacial score (nSPS) is 17.2. The number of nitro groups is 2. The number of methoxy groups -OCH3 is 1. The molecule has 0 bridgehead atoms. The zero-order valence-corrected chi connectivity index (χ0v) is 32.2. The summed E-state index contributed by atoms with van der Waals surface area (Å²) in [5.74, 6) is -1.03. The highest BCUT2D eigenvalue weighted by Gasteiger charge is 2.37. The zero-order chi connectivity index (χ0) is 40.7. The first kappa shape index (κ1) is 41.4. The Kier molecular flexibility index (Phi) is 13.5. The van der Waals surface area contributed by atoms with Gasteiger partial charge in [0.2, 0.25) is 0 Å². The van der Waals surface area contributed by atoms with Gasteiger partial charge < -0.3 is 28.7 Å². The SMILES string of the molecule is COc1cc(C(=O)N2CC(=O)C[C@H]2C)c([N+](=O)[O-])cc1OCCCC(C)CCOc1cc([N+](=O)[O-])c(C(=O)N2CC(=O)C[C@H]2C)cc1OCc1ccc(Cl)cc1. The number of hydrogen-bond acceptors (Lipinski definition) is 12. The summed E-state index contributed by atoms with van der Waals surface area (Å²) in [4.78, 5) is 76.1. The molecule has 3 aromatic carbocycles. The lowest BCUT2D eigenvalue weighted by molar-refractivity contribution is -0.385. The molecule has 3 aromatic rings. The second kappa shape index (κ2) is 18.2. The molecule has 16 nitrogen and oxygen atoms in total. The van der Waals surface area contributed by atoms with Crippen molar-refractivity contribution in [2.75, 3.05) is 33.4 Å². The monoisotopic (exact) mass is 794 g/mol. The number of amides is 2. The van der Waals surface area contributed by atoms with Gasteiger partial charge in [0.05, 0.1) is 55.4 Å². The van der Waals surface area contributed by atoms with Gasteiger partial charge >= 0.3 is 0 Å². The summed E-state index contributed by atoms with van der Waals surface area (Å²) in [7, 11) is 1.36. The molecule has 0 saturated carbocycles. The largest absolute Gasteiger partial charge is 0.493 e. The summed E-state index contributed by atoms with van der Waals surface area (Å²) in [6.07, 6.45) is 2.08. The Hall–Kier alpha value is -5.77. The van der Waals surface area contributed by atoms with Gasteiger partial charge in [0.1, 0.15) is 17.7 Å². The summed E-state index contributed by atoms with van der Waals surface area (Å²) in [6.45, 7) is 5.54. The number of nitro benzene ring substituents is 2. The average molecular weight is 795 g/mol. The molecule has 298 valence electrons. The van der Waals surface area contributed by atoms with Gasteiger partial charge in [-0.05, 0) is 56.7 Å². The van der Waals surface area contributed by atoms with Crippen molar-refractivity contribution >= 4 is 46.4 Å². The fraction of sp³-hybridized carbons (Fsp3) is 0.436. The van der Waals surface area contributed by atoms with E-state index >= 15 is 0 Å². The van der Waals surface area contributed by atoms with Crippen LogP contribution in [0.1, 0.15) is 79.2 Å². The van der Waals surface area contributed by atoms with Crippen molar-refractivity contribution in [1.29, 1.82) is 0 Å². The Bertz CT molecular complexity index is 2010. The molecule has 0 N–H and O–H groups in total. The molecular formula is C39H43ClN4O12. The van der Waals surface area contributed by atoms with E-state index in [9.17, 15) is 39.4 Å². The van der Waals surface area contributed by atoms with Crippen LogP contribution in [0.2, 0.25) is 5.02 Å². The number of rotatable bonds is 17. The van der Waals surface area contributed by atoms with Gasteiger partial charge in [-0.1, -0.05) is 30.7 Å². The molecule has 5 rings (SSSR count). The molecule has 1 unspecified atom stereocenters. The number of nitrogens with zero attached hydrogens (tertiary/aromatic N) is 4. The molecule has 2 fully saturated rings. The topological polar surface area (TPSA) is 198 Å². The molecule has 0 aromatic heterocycles. The summed E-state index contributed by atoms with van der Waals surface area (Å²) in [5.41, 5.74) is -0.597. The average Bonchev–Trinajstić information content (AvgIpc) is 3.69. The molecule has 3 atom stereocenters. The van der Waals surface area contributed by atoms with Gasteiger partial charge in [0, 0.05) is 42.1 Å². The van der Waals surface area contributed by atoms with Crippen LogP contribution in [0.25, 0.3) is 0 Å². The van der Waals surface area contributed by atoms with E-state index in [0.29, 0.717) is 24.3 Å². The number of likely N-dealkylation sites (tertiary alicyclic amines) is 2. The quantitative estimate of drug-likeness (QED) is 0.0806. The van der Waals surface area contributed by atoms with E-state index in [-0.39, 0.29) is 103 Å². The molecular weight excluding hydrogens is 752 g/mol. The van der Waals surface area contributed by atoms with Gasteiger partial charge in [0.25, 0.3) is 23.2 Å². The Morgan fingerprint density at radius 2 is 1.25 bits per heavy atom. The van der Waals surface area contributed by atoms with Crippen molar-refractivity contribution in [2.45, 2.75) is 71.6 Å². The predicted molar refractivity (Wildman–Crippen MR) is 203 cm³/mol. The second-order valence-electron chi connectivity index (χ2n) is 14.0. The smallest absolute Gasteiger partial charge is 0.286 e. The number of Topliss-reactive ketones (excluding diaryl/α,β-unsaturated/α-hetero) is 2. The lowest BCUT2D eigenvalue weighted by Gasteiger charge is -2.21. The minimum absolute atomic E-state index is 0.0552. The number of halogens is 1. The van der Waals surface area contributed by atoms with Crippen LogP contribution in [-0.2, 0) is 16.2 Å². The molecule has 2 aliphatic heterocycles. The van der Waals surface area contributed by atoms with E-state index in [1.54, 1.807) is 38.1 Å². The second-order valence-corrected chi connectivity index (χ2v) is 14.5. The van der Waals surface area contributed by atoms with Crippen molar-refractivity contribution in [2.24, 2.45) is 5.92 Å². The third-order valence-corrected chi connectivity index (χ3v) is 10.1. The Labute approximate surface area is 327 Å². The van der Waals surface area contributed by atoms with Crippen LogP contribution >= 0.6 is 11.6 Å². The van der Waals surface area contributed by atoms with Crippen LogP contribution in [0.5, 0.6) is 23.0 Å². The number of carbonyl (C=O) groups is 4. The Balaban J connectivity index is 1.22. The van der Waals surface area contributed by atoms with Gasteiger partial charge in [-0.25, -0.2) is 0 Å². The van der Waals surface area contributed by atoms with E-state index in [0.717, 1.165) is 11.6 Å². The first-order valence-corrected chi connectivity index (χ1v) is 18.5. The van der Waals surface area contributed by atoms with Crippen molar-refractivity contribution in [3.05, 3.63) is 90.5 Å². The Morgan fingerprint density at radius 1 is 0.768 bits per heavy atom. The molecule has 17 heteroatoms. The maximum Gasteiger partial charge on any atom is 0.286 e. The molecule has 2 saturated heterocycles. The first-order valence-electron chi connectivity index (χ1n) is 18.1. The van der Waals surface area contributed by atoms with E-state index in [1.165, 1.54) is 35.1 Å². The highest BCUT2D eigenvalue weighted by molar-refractivity contribution is 6.30. The maximum atomic E-state index is 13.5. The fourth-order valence-electron chi connectivity index (χ4n) is 6.66. The minimum Gasteiger partial charge on any atom is -0.493 e. The van der Waals surface area contributed by atoms with Crippen molar-refractivity contribution in [1.82, 2.24) is 9.80 Å². The lowest BCUT2D eigenvalue weighted by Crippen LogP contribution is -2.34. The number of ketones is 2. The zero-order valence-electron chi connectivity index (χ0n) is 31.5. The summed E-state index contributed by atoms with van der Waals surface area (Å²) < 4.78 is 23.3. The van der Waals surface area contributed by atoms with Crippen molar-refractivity contribution < 1.29 is 48.0 Å². The van der Waals surface area contributed by atoms with Gasteiger partial charge in [-0.3, -0.25) is 39.4 Å². The van der Waals surface area contributed by atoms with Crippen LogP contribution < -0.4 is 18.9 Å². The number of benzene rings is 3. The molecule has 0 spiro atoms. The van der Waals surface area contributed by atoms with E-state index in [1.807, 2.05) is 6.92 Å². The predicted octanol–water partition coefficient (Wildman–Crippen LogP) is 6.62. The number of hydrogen-bond donors (Lipinski definition) is 0. The highest BCUT2D eigenvalue weighted by atomic mass is 35.5. The molecule has 0 aliphatic carbocycles. The number of carbonyl (C=O) groups excluding carboxylic acids is 4. The van der Waals surface area contributed by atoms with Gasteiger partial charge in [-0.15, -0.1) is 0 Å². The minimum atomic E-state index is -0.672. The van der Waals surface area contributed by atoms with E-state index in [2.05, 4.69) is 0 Å². The molecule has 56 heavy (non-hydrogen) atoms. The highest BCUT2D eigenvalue weighted by Crippen LogP contribution is 2.38. The molecule has 0 radical (unpaired) electrons.